The molecular weight excluding hydrogens is 232 g/mol. The van der Waals surface area contributed by atoms with E-state index in [4.69, 9.17) is 15.2 Å². The van der Waals surface area contributed by atoms with Gasteiger partial charge in [0.2, 0.25) is 5.91 Å². The second-order valence-electron chi connectivity index (χ2n) is 6.17. The molecule has 0 aromatic carbocycles. The molecule has 0 radical (unpaired) electrons. The Morgan fingerprint density at radius 2 is 1.83 bits per heavy atom. The quantitative estimate of drug-likeness (QED) is 0.809. The van der Waals surface area contributed by atoms with Crippen LogP contribution >= 0.6 is 0 Å². The minimum atomic E-state index is -0.317. The van der Waals surface area contributed by atoms with E-state index in [2.05, 4.69) is 0 Å². The predicted molar refractivity (Wildman–Crippen MR) is 70.3 cm³/mol. The molecule has 1 atom stereocenters. The number of carbonyl (C=O) groups is 1. The van der Waals surface area contributed by atoms with E-state index in [1.165, 1.54) is 0 Å². The first-order chi connectivity index (χ1) is 8.19. The molecule has 0 aromatic heterocycles. The van der Waals surface area contributed by atoms with Crippen molar-refractivity contribution in [2.75, 3.05) is 26.7 Å². The number of hydrogen-bond acceptors (Lipinski definition) is 4. The van der Waals surface area contributed by atoms with Crippen LogP contribution in [0.5, 0.6) is 0 Å². The summed E-state index contributed by atoms with van der Waals surface area (Å²) < 4.78 is 11.1. The van der Waals surface area contributed by atoms with E-state index in [-0.39, 0.29) is 23.2 Å². The molecule has 1 unspecified atom stereocenters. The van der Waals surface area contributed by atoms with E-state index in [1.807, 2.05) is 32.6 Å². The van der Waals surface area contributed by atoms with Gasteiger partial charge in [0, 0.05) is 26.7 Å². The Balaban J connectivity index is 2.68. The second-order valence-corrected chi connectivity index (χ2v) is 6.17. The third kappa shape index (κ3) is 4.23. The summed E-state index contributed by atoms with van der Waals surface area (Å²) in [7, 11) is 1.58. The summed E-state index contributed by atoms with van der Waals surface area (Å²) in [5, 5.41) is 0. The number of carbonyl (C=O) groups excluding carboxylic acids is 1. The fraction of sp³-hybridized carbons (Fsp3) is 0.923. The highest BCUT2D eigenvalue weighted by molar-refractivity contribution is 5.77. The maximum Gasteiger partial charge on any atom is 0.225 e. The highest BCUT2D eigenvalue weighted by Gasteiger charge is 2.40. The number of nitrogens with two attached hydrogens (primary N) is 1. The lowest BCUT2D eigenvalue weighted by Crippen LogP contribution is -2.59. The largest absolute Gasteiger partial charge is 0.380 e. The average molecular weight is 258 g/mol. The smallest absolute Gasteiger partial charge is 0.225 e. The maximum absolute atomic E-state index is 12.2. The third-order valence-corrected chi connectivity index (χ3v) is 3.05. The van der Waals surface area contributed by atoms with Crippen LogP contribution in [-0.2, 0) is 14.3 Å². The molecule has 0 aliphatic carbocycles. The molecule has 0 saturated carbocycles. The van der Waals surface area contributed by atoms with E-state index in [1.54, 1.807) is 7.11 Å². The average Bonchev–Trinajstić information content (AvgIpc) is 2.21. The zero-order valence-electron chi connectivity index (χ0n) is 12.2. The van der Waals surface area contributed by atoms with Crippen molar-refractivity contribution in [3.63, 3.8) is 0 Å². The van der Waals surface area contributed by atoms with Gasteiger partial charge in [-0.15, -0.1) is 0 Å². The van der Waals surface area contributed by atoms with E-state index >= 15 is 0 Å². The van der Waals surface area contributed by atoms with Crippen LogP contribution in [0, 0.1) is 0 Å². The van der Waals surface area contributed by atoms with Crippen molar-refractivity contribution in [3.8, 4) is 0 Å². The van der Waals surface area contributed by atoms with Crippen molar-refractivity contribution in [1.82, 2.24) is 4.90 Å². The van der Waals surface area contributed by atoms with Crippen LogP contribution in [0.3, 0.4) is 0 Å². The van der Waals surface area contributed by atoms with Gasteiger partial charge in [-0.1, -0.05) is 0 Å². The minimum Gasteiger partial charge on any atom is -0.380 e. The summed E-state index contributed by atoms with van der Waals surface area (Å²) in [5.74, 6) is 0.0803. The van der Waals surface area contributed by atoms with Gasteiger partial charge >= 0.3 is 0 Å². The van der Waals surface area contributed by atoms with Crippen LogP contribution in [0.15, 0.2) is 0 Å². The Kier molecular flexibility index (Phi) is 4.75. The molecule has 1 heterocycles. The highest BCUT2D eigenvalue weighted by atomic mass is 16.5. The maximum atomic E-state index is 12.2. The van der Waals surface area contributed by atoms with Crippen molar-refractivity contribution < 1.29 is 14.3 Å². The Morgan fingerprint density at radius 3 is 2.22 bits per heavy atom. The molecule has 1 fully saturated rings. The molecule has 2 N–H and O–H groups in total. The molecule has 1 aliphatic rings. The van der Waals surface area contributed by atoms with Crippen LogP contribution in [0.25, 0.3) is 0 Å². The molecule has 5 heteroatoms. The first kappa shape index (κ1) is 15.4. The number of ether oxygens (including phenoxy) is 2. The number of rotatable bonds is 4. The summed E-state index contributed by atoms with van der Waals surface area (Å²) in [5.41, 5.74) is 4.91. The van der Waals surface area contributed by atoms with Gasteiger partial charge in [0.05, 0.1) is 23.7 Å². The number of hydrogen-bond donors (Lipinski definition) is 1. The van der Waals surface area contributed by atoms with Gasteiger partial charge in [-0.3, -0.25) is 4.79 Å². The molecule has 18 heavy (non-hydrogen) atoms. The molecule has 1 rings (SSSR count). The molecular formula is C13H26N2O3. The molecule has 1 amide bonds. The van der Waals surface area contributed by atoms with E-state index in [9.17, 15) is 4.79 Å². The van der Waals surface area contributed by atoms with Gasteiger partial charge in [0.25, 0.3) is 0 Å². The SMILES string of the molecule is COC(CN)CC(=O)N1CC(C)(C)OC(C)(C)C1. The van der Waals surface area contributed by atoms with Crippen molar-refractivity contribution in [1.29, 1.82) is 0 Å². The standard InChI is InChI=1S/C13H26N2O3/c1-12(2)8-15(9-13(3,4)18-12)11(16)6-10(7-14)17-5/h10H,6-9,14H2,1-5H3. The third-order valence-electron chi connectivity index (χ3n) is 3.05. The minimum absolute atomic E-state index is 0.0803. The van der Waals surface area contributed by atoms with Crippen LogP contribution in [0.2, 0.25) is 0 Å². The lowest BCUT2D eigenvalue weighted by Gasteiger charge is -2.47. The summed E-state index contributed by atoms with van der Waals surface area (Å²) in [4.78, 5) is 14.1. The van der Waals surface area contributed by atoms with Gasteiger partial charge in [0.1, 0.15) is 0 Å². The number of methoxy groups -OCH3 is 1. The Labute approximate surface area is 110 Å². The van der Waals surface area contributed by atoms with Gasteiger partial charge < -0.3 is 20.1 Å². The van der Waals surface area contributed by atoms with E-state index < -0.39 is 0 Å². The van der Waals surface area contributed by atoms with Crippen LogP contribution in [0.4, 0.5) is 0 Å². The topological polar surface area (TPSA) is 64.8 Å². The van der Waals surface area contributed by atoms with Crippen molar-refractivity contribution in [3.05, 3.63) is 0 Å². The molecule has 0 bridgehead atoms. The summed E-state index contributed by atoms with van der Waals surface area (Å²) in [6.07, 6.45) is 0.130. The molecule has 0 aromatic rings. The summed E-state index contributed by atoms with van der Waals surface area (Å²) in [6.45, 7) is 9.59. The zero-order chi connectivity index (χ0) is 14.0. The fourth-order valence-electron chi connectivity index (χ4n) is 2.55. The number of nitrogens with zero attached hydrogens (tertiary/aromatic N) is 1. The van der Waals surface area contributed by atoms with Gasteiger partial charge in [-0.25, -0.2) is 0 Å². The van der Waals surface area contributed by atoms with Gasteiger partial charge in [0.15, 0.2) is 0 Å². The van der Waals surface area contributed by atoms with Gasteiger partial charge in [-0.2, -0.15) is 0 Å². The molecule has 106 valence electrons. The lowest BCUT2D eigenvalue weighted by atomic mass is 9.98. The number of morpholine rings is 1. The van der Waals surface area contributed by atoms with Crippen molar-refractivity contribution >= 4 is 5.91 Å². The summed E-state index contributed by atoms with van der Waals surface area (Å²) >= 11 is 0. The molecule has 5 nitrogen and oxygen atoms in total. The monoisotopic (exact) mass is 258 g/mol. The van der Waals surface area contributed by atoms with Crippen LogP contribution in [-0.4, -0.2) is 54.9 Å². The lowest BCUT2D eigenvalue weighted by molar-refractivity contribution is -0.188. The van der Waals surface area contributed by atoms with Crippen molar-refractivity contribution in [2.24, 2.45) is 5.73 Å². The number of amides is 1. The predicted octanol–water partition coefficient (Wildman–Crippen LogP) is 0.766. The molecule has 0 spiro atoms. The Hall–Kier alpha value is -0.650. The van der Waals surface area contributed by atoms with E-state index in [0.29, 0.717) is 26.1 Å². The zero-order valence-corrected chi connectivity index (χ0v) is 12.2. The van der Waals surface area contributed by atoms with Crippen LogP contribution in [0.1, 0.15) is 34.1 Å². The second kappa shape index (κ2) is 5.55. The van der Waals surface area contributed by atoms with Crippen LogP contribution < -0.4 is 5.73 Å². The highest BCUT2D eigenvalue weighted by Crippen LogP contribution is 2.28. The van der Waals surface area contributed by atoms with Crippen molar-refractivity contribution in [2.45, 2.75) is 51.4 Å². The Bertz CT molecular complexity index is 283. The first-order valence-corrected chi connectivity index (χ1v) is 6.40. The fourth-order valence-corrected chi connectivity index (χ4v) is 2.55. The molecule has 1 aliphatic heterocycles. The molecule has 1 saturated heterocycles. The summed E-state index contributed by atoms with van der Waals surface area (Å²) in [6, 6.07) is 0. The van der Waals surface area contributed by atoms with Gasteiger partial charge in [-0.05, 0) is 27.7 Å². The van der Waals surface area contributed by atoms with E-state index in [0.717, 1.165) is 0 Å². The normalized spacial score (nSPS) is 23.8. The first-order valence-electron chi connectivity index (χ1n) is 6.40. The Morgan fingerprint density at radius 1 is 1.33 bits per heavy atom.